The Labute approximate surface area is 124 Å². The molecule has 1 aliphatic rings. The van der Waals surface area contributed by atoms with Crippen LogP contribution in [0, 0.1) is 17.3 Å². The summed E-state index contributed by atoms with van der Waals surface area (Å²) in [5.74, 6) is 7.05. The van der Waals surface area contributed by atoms with Gasteiger partial charge in [-0.15, -0.1) is 5.92 Å². The molecule has 0 heterocycles. The molecule has 2 rings (SSSR count). The predicted molar refractivity (Wildman–Crippen MR) is 88.3 cm³/mol. The standard InChI is InChI=1S/C20H26/c1-2-3-4-8-15-20(16-9-10-17-20)18-11-14-19-12-6-5-7-13-19/h5-7,11-14H,2-4,9-10,16-18H2,1H3/b14-11+. The first kappa shape index (κ1) is 14.9. The molecule has 1 aromatic carbocycles. The van der Waals surface area contributed by atoms with Crippen LogP contribution in [0.3, 0.4) is 0 Å². The lowest BCUT2D eigenvalue weighted by atomic mass is 9.83. The molecule has 0 aromatic heterocycles. The summed E-state index contributed by atoms with van der Waals surface area (Å²) in [4.78, 5) is 0. The van der Waals surface area contributed by atoms with E-state index < -0.39 is 0 Å². The summed E-state index contributed by atoms with van der Waals surface area (Å²) in [6.45, 7) is 2.23. The average Bonchev–Trinajstić information content (AvgIpc) is 2.94. The van der Waals surface area contributed by atoms with Crippen molar-refractivity contribution < 1.29 is 0 Å². The highest BCUT2D eigenvalue weighted by atomic mass is 14.3. The second-order valence-electron chi connectivity index (χ2n) is 5.91. The van der Waals surface area contributed by atoms with Crippen molar-refractivity contribution in [2.75, 3.05) is 0 Å². The van der Waals surface area contributed by atoms with Gasteiger partial charge in [-0.1, -0.05) is 74.6 Å². The van der Waals surface area contributed by atoms with E-state index >= 15 is 0 Å². The minimum atomic E-state index is 0.277. The zero-order chi connectivity index (χ0) is 14.1. The van der Waals surface area contributed by atoms with Crippen LogP contribution in [0.4, 0.5) is 0 Å². The molecule has 0 saturated heterocycles. The minimum Gasteiger partial charge on any atom is -0.103 e. The van der Waals surface area contributed by atoms with E-state index in [0.29, 0.717) is 0 Å². The van der Waals surface area contributed by atoms with Gasteiger partial charge in [0, 0.05) is 11.8 Å². The van der Waals surface area contributed by atoms with Crippen LogP contribution in [0.1, 0.15) is 63.9 Å². The normalized spacial score (nSPS) is 17.1. The molecule has 1 aromatic rings. The highest BCUT2D eigenvalue weighted by Crippen LogP contribution is 2.41. The van der Waals surface area contributed by atoms with Gasteiger partial charge in [0.05, 0.1) is 0 Å². The van der Waals surface area contributed by atoms with Gasteiger partial charge in [-0.25, -0.2) is 0 Å². The highest BCUT2D eigenvalue weighted by molar-refractivity contribution is 5.48. The SMILES string of the molecule is CCCCC#CC1(C/C=C/c2ccccc2)CCCC1. The van der Waals surface area contributed by atoms with Gasteiger partial charge < -0.3 is 0 Å². The summed E-state index contributed by atoms with van der Waals surface area (Å²) in [6, 6.07) is 10.6. The molecule has 0 amide bonds. The van der Waals surface area contributed by atoms with Crippen LogP contribution in [-0.2, 0) is 0 Å². The minimum absolute atomic E-state index is 0.277. The van der Waals surface area contributed by atoms with E-state index in [1.54, 1.807) is 0 Å². The van der Waals surface area contributed by atoms with Crippen molar-refractivity contribution in [3.05, 3.63) is 42.0 Å². The molecule has 106 valence electrons. The Morgan fingerprint density at radius 2 is 1.90 bits per heavy atom. The Morgan fingerprint density at radius 1 is 1.15 bits per heavy atom. The van der Waals surface area contributed by atoms with E-state index in [-0.39, 0.29) is 5.41 Å². The Hall–Kier alpha value is -1.48. The summed E-state index contributed by atoms with van der Waals surface area (Å²) in [5.41, 5.74) is 1.57. The third-order valence-corrected chi connectivity index (χ3v) is 4.19. The maximum absolute atomic E-state index is 3.61. The maximum atomic E-state index is 3.61. The first-order chi connectivity index (χ1) is 9.85. The molecule has 0 spiro atoms. The van der Waals surface area contributed by atoms with Gasteiger partial charge in [-0.3, -0.25) is 0 Å². The van der Waals surface area contributed by atoms with E-state index in [4.69, 9.17) is 0 Å². The number of benzene rings is 1. The van der Waals surface area contributed by atoms with E-state index in [1.807, 2.05) is 0 Å². The van der Waals surface area contributed by atoms with Crippen molar-refractivity contribution >= 4 is 6.08 Å². The first-order valence-corrected chi connectivity index (χ1v) is 8.06. The van der Waals surface area contributed by atoms with E-state index in [0.717, 1.165) is 12.8 Å². The maximum Gasteiger partial charge on any atom is 0.0349 e. The van der Waals surface area contributed by atoms with Gasteiger partial charge in [-0.2, -0.15) is 0 Å². The average molecular weight is 266 g/mol. The predicted octanol–water partition coefficient (Wildman–Crippen LogP) is 5.84. The van der Waals surface area contributed by atoms with Crippen molar-refractivity contribution in [1.82, 2.24) is 0 Å². The van der Waals surface area contributed by atoms with Crippen molar-refractivity contribution in [2.45, 2.75) is 58.3 Å². The molecule has 1 saturated carbocycles. The quantitative estimate of drug-likeness (QED) is 0.463. The molecule has 0 nitrogen and oxygen atoms in total. The van der Waals surface area contributed by atoms with Gasteiger partial charge in [0.1, 0.15) is 0 Å². The molecule has 1 aliphatic carbocycles. The third-order valence-electron chi connectivity index (χ3n) is 4.19. The largest absolute Gasteiger partial charge is 0.103 e. The topological polar surface area (TPSA) is 0 Å². The molecule has 0 radical (unpaired) electrons. The summed E-state index contributed by atoms with van der Waals surface area (Å²) in [6.07, 6.45) is 14.5. The van der Waals surface area contributed by atoms with E-state index in [2.05, 4.69) is 61.2 Å². The number of hydrogen-bond acceptors (Lipinski definition) is 0. The van der Waals surface area contributed by atoms with Crippen molar-refractivity contribution in [1.29, 1.82) is 0 Å². The van der Waals surface area contributed by atoms with Gasteiger partial charge in [-0.05, 0) is 31.2 Å². The fourth-order valence-electron chi connectivity index (χ4n) is 2.93. The molecular formula is C20H26. The Balaban J connectivity index is 1.95. The third kappa shape index (κ3) is 4.57. The van der Waals surface area contributed by atoms with Crippen LogP contribution in [0.15, 0.2) is 36.4 Å². The smallest absolute Gasteiger partial charge is 0.0349 e. The fraction of sp³-hybridized carbons (Fsp3) is 0.500. The second kappa shape index (κ2) is 7.95. The van der Waals surface area contributed by atoms with Crippen LogP contribution in [-0.4, -0.2) is 0 Å². The molecule has 0 unspecified atom stereocenters. The van der Waals surface area contributed by atoms with Crippen molar-refractivity contribution in [3.8, 4) is 11.8 Å². The lowest BCUT2D eigenvalue weighted by Gasteiger charge is -2.20. The molecule has 1 fully saturated rings. The zero-order valence-electron chi connectivity index (χ0n) is 12.7. The summed E-state index contributed by atoms with van der Waals surface area (Å²) < 4.78 is 0. The van der Waals surface area contributed by atoms with Crippen LogP contribution in [0.25, 0.3) is 6.08 Å². The molecule has 20 heavy (non-hydrogen) atoms. The Kier molecular flexibility index (Phi) is 5.93. The lowest BCUT2D eigenvalue weighted by molar-refractivity contribution is 0.423. The van der Waals surface area contributed by atoms with Crippen molar-refractivity contribution in [2.24, 2.45) is 5.41 Å². The molecular weight excluding hydrogens is 240 g/mol. The first-order valence-electron chi connectivity index (χ1n) is 8.06. The van der Waals surface area contributed by atoms with Crippen LogP contribution in [0.5, 0.6) is 0 Å². The zero-order valence-corrected chi connectivity index (χ0v) is 12.7. The van der Waals surface area contributed by atoms with Gasteiger partial charge in [0.15, 0.2) is 0 Å². The van der Waals surface area contributed by atoms with Crippen LogP contribution in [0.2, 0.25) is 0 Å². The summed E-state index contributed by atoms with van der Waals surface area (Å²) in [5, 5.41) is 0. The molecule has 0 N–H and O–H groups in total. The number of rotatable bonds is 5. The molecule has 0 heteroatoms. The highest BCUT2D eigenvalue weighted by Gasteiger charge is 2.30. The summed E-state index contributed by atoms with van der Waals surface area (Å²) >= 11 is 0. The second-order valence-corrected chi connectivity index (χ2v) is 5.91. The fourth-order valence-corrected chi connectivity index (χ4v) is 2.93. The molecule has 0 atom stereocenters. The Bertz CT molecular complexity index is 464. The van der Waals surface area contributed by atoms with Crippen molar-refractivity contribution in [3.63, 3.8) is 0 Å². The van der Waals surface area contributed by atoms with E-state index in [1.165, 1.54) is 44.1 Å². The van der Waals surface area contributed by atoms with Gasteiger partial charge in [0.25, 0.3) is 0 Å². The number of allylic oxidation sites excluding steroid dienone is 1. The number of hydrogen-bond donors (Lipinski definition) is 0. The monoisotopic (exact) mass is 266 g/mol. The molecule has 0 aliphatic heterocycles. The van der Waals surface area contributed by atoms with E-state index in [9.17, 15) is 0 Å². The van der Waals surface area contributed by atoms with Gasteiger partial charge in [0.2, 0.25) is 0 Å². The molecule has 0 bridgehead atoms. The van der Waals surface area contributed by atoms with Gasteiger partial charge >= 0.3 is 0 Å². The lowest BCUT2D eigenvalue weighted by Crippen LogP contribution is -2.12. The summed E-state index contributed by atoms with van der Waals surface area (Å²) in [7, 11) is 0. The van der Waals surface area contributed by atoms with Crippen LogP contribution >= 0.6 is 0 Å². The Morgan fingerprint density at radius 3 is 2.60 bits per heavy atom. The number of unbranched alkanes of at least 4 members (excludes halogenated alkanes) is 2. The van der Waals surface area contributed by atoms with Crippen LogP contribution < -0.4 is 0 Å².